The summed E-state index contributed by atoms with van der Waals surface area (Å²) in [5.74, 6) is 1.31. The third kappa shape index (κ3) is 5.13. The van der Waals surface area contributed by atoms with Gasteiger partial charge in [-0.05, 0) is 39.3 Å². The molecule has 1 heterocycles. The summed E-state index contributed by atoms with van der Waals surface area (Å²) in [6, 6.07) is 3.52. The number of carbonyl (C=O) groups excluding carboxylic acids is 1. The lowest BCUT2D eigenvalue weighted by Crippen LogP contribution is -2.24. The van der Waals surface area contributed by atoms with Crippen LogP contribution >= 0.6 is 0 Å². The van der Waals surface area contributed by atoms with Crippen molar-refractivity contribution in [3.63, 3.8) is 0 Å². The summed E-state index contributed by atoms with van der Waals surface area (Å²) in [6.07, 6.45) is 9.94. The lowest BCUT2D eigenvalue weighted by atomic mass is 10.0. The van der Waals surface area contributed by atoms with Gasteiger partial charge >= 0.3 is 5.97 Å². The minimum absolute atomic E-state index is 0.0706. The van der Waals surface area contributed by atoms with E-state index >= 15 is 0 Å². The molecule has 0 saturated heterocycles. The molecule has 2 aliphatic rings. The number of hydrogen-bond donors (Lipinski definition) is 0. The highest BCUT2D eigenvalue weighted by atomic mass is 16.6. The van der Waals surface area contributed by atoms with Crippen molar-refractivity contribution in [1.82, 2.24) is 0 Å². The Balaban J connectivity index is 1.82. The van der Waals surface area contributed by atoms with Crippen LogP contribution in [-0.4, -0.2) is 38.0 Å². The van der Waals surface area contributed by atoms with Crippen molar-refractivity contribution in [3.8, 4) is 11.5 Å². The van der Waals surface area contributed by atoms with E-state index in [1.54, 1.807) is 19.2 Å². The van der Waals surface area contributed by atoms with Crippen molar-refractivity contribution < 1.29 is 23.7 Å². The van der Waals surface area contributed by atoms with Crippen LogP contribution in [0.15, 0.2) is 36.4 Å². The van der Waals surface area contributed by atoms with E-state index < -0.39 is 5.60 Å². The molecule has 0 saturated carbocycles. The van der Waals surface area contributed by atoms with Crippen molar-refractivity contribution in [3.05, 3.63) is 47.6 Å². The first-order valence-corrected chi connectivity index (χ1v) is 9.37. The van der Waals surface area contributed by atoms with Gasteiger partial charge < -0.3 is 18.9 Å². The van der Waals surface area contributed by atoms with E-state index in [1.165, 1.54) is 0 Å². The Morgan fingerprint density at radius 1 is 1.22 bits per heavy atom. The Kier molecular flexibility index (Phi) is 5.90. The van der Waals surface area contributed by atoms with Crippen LogP contribution in [0, 0.1) is 5.92 Å². The maximum Gasteiger partial charge on any atom is 0.338 e. The molecule has 0 fully saturated rings. The van der Waals surface area contributed by atoms with E-state index in [-0.39, 0.29) is 12.1 Å². The first kappa shape index (κ1) is 19.5. The van der Waals surface area contributed by atoms with Gasteiger partial charge in [-0.2, -0.15) is 0 Å². The SMILES string of the molecule is COCC1Cc2c(OCC3C=CC=CC3)cc(C(=O)OC(C)(C)C)cc2O1. The molecule has 0 spiro atoms. The lowest BCUT2D eigenvalue weighted by molar-refractivity contribution is 0.00685. The second-order valence-corrected chi connectivity index (χ2v) is 7.97. The highest BCUT2D eigenvalue weighted by Crippen LogP contribution is 2.38. The molecule has 1 aromatic carbocycles. The van der Waals surface area contributed by atoms with Gasteiger partial charge in [0.2, 0.25) is 0 Å². The fraction of sp³-hybridized carbons (Fsp3) is 0.500. The molecule has 3 rings (SSSR count). The molecule has 0 amide bonds. The highest BCUT2D eigenvalue weighted by Gasteiger charge is 2.29. The molecule has 0 aromatic heterocycles. The molecule has 1 aliphatic carbocycles. The predicted octanol–water partition coefficient (Wildman–Crippen LogP) is 4.10. The third-order valence-corrected chi connectivity index (χ3v) is 4.40. The third-order valence-electron chi connectivity index (χ3n) is 4.40. The first-order chi connectivity index (χ1) is 12.9. The topological polar surface area (TPSA) is 54.0 Å². The van der Waals surface area contributed by atoms with E-state index in [9.17, 15) is 4.79 Å². The van der Waals surface area contributed by atoms with Crippen molar-refractivity contribution >= 4 is 5.97 Å². The van der Waals surface area contributed by atoms with Gasteiger partial charge in [-0.1, -0.05) is 24.3 Å². The molecular formula is C22H28O5. The summed E-state index contributed by atoms with van der Waals surface area (Å²) < 4.78 is 22.8. The molecule has 1 aromatic rings. The molecule has 146 valence electrons. The van der Waals surface area contributed by atoms with Crippen molar-refractivity contribution in [2.24, 2.45) is 5.92 Å². The zero-order chi connectivity index (χ0) is 19.4. The molecule has 2 atom stereocenters. The maximum absolute atomic E-state index is 12.5. The van der Waals surface area contributed by atoms with Gasteiger partial charge in [-0.15, -0.1) is 0 Å². The normalized spacial score (nSPS) is 20.9. The number of fused-ring (bicyclic) bond motifs is 1. The number of ether oxygens (including phenoxy) is 4. The van der Waals surface area contributed by atoms with E-state index in [1.807, 2.05) is 32.9 Å². The Morgan fingerprint density at radius 2 is 2.04 bits per heavy atom. The Labute approximate surface area is 160 Å². The zero-order valence-electron chi connectivity index (χ0n) is 16.5. The Hall–Kier alpha value is -2.27. The smallest absolute Gasteiger partial charge is 0.338 e. The maximum atomic E-state index is 12.5. The van der Waals surface area contributed by atoms with Crippen LogP contribution < -0.4 is 9.47 Å². The first-order valence-electron chi connectivity index (χ1n) is 9.37. The minimum atomic E-state index is -0.560. The summed E-state index contributed by atoms with van der Waals surface area (Å²) in [5.41, 5.74) is 0.867. The van der Waals surface area contributed by atoms with Crippen LogP contribution in [0.3, 0.4) is 0 Å². The summed E-state index contributed by atoms with van der Waals surface area (Å²) >= 11 is 0. The summed E-state index contributed by atoms with van der Waals surface area (Å²) in [7, 11) is 1.65. The lowest BCUT2D eigenvalue weighted by Gasteiger charge is -2.20. The van der Waals surface area contributed by atoms with E-state index in [4.69, 9.17) is 18.9 Å². The molecule has 1 aliphatic heterocycles. The average molecular weight is 372 g/mol. The Morgan fingerprint density at radius 3 is 2.70 bits per heavy atom. The van der Waals surface area contributed by atoms with Gasteiger partial charge in [0.15, 0.2) is 0 Å². The molecule has 5 heteroatoms. The molecule has 0 radical (unpaired) electrons. The van der Waals surface area contributed by atoms with Crippen molar-refractivity contribution in [2.45, 2.75) is 45.3 Å². The molecule has 5 nitrogen and oxygen atoms in total. The summed E-state index contributed by atoms with van der Waals surface area (Å²) in [5, 5.41) is 0. The number of benzene rings is 1. The van der Waals surface area contributed by atoms with Gasteiger partial charge in [-0.25, -0.2) is 4.79 Å². The number of methoxy groups -OCH3 is 1. The quantitative estimate of drug-likeness (QED) is 0.704. The van der Waals surface area contributed by atoms with Crippen molar-refractivity contribution in [2.75, 3.05) is 20.3 Å². The summed E-state index contributed by atoms with van der Waals surface area (Å²) in [6.45, 7) is 6.60. The van der Waals surface area contributed by atoms with Gasteiger partial charge in [0, 0.05) is 25.0 Å². The number of rotatable bonds is 6. The molecule has 27 heavy (non-hydrogen) atoms. The highest BCUT2D eigenvalue weighted by molar-refractivity contribution is 5.91. The fourth-order valence-electron chi connectivity index (χ4n) is 3.19. The molecule has 0 N–H and O–H groups in total. The van der Waals surface area contributed by atoms with Crippen LogP contribution in [0.5, 0.6) is 11.5 Å². The van der Waals surface area contributed by atoms with Crippen LogP contribution in [-0.2, 0) is 15.9 Å². The van der Waals surface area contributed by atoms with Gasteiger partial charge in [0.05, 0.1) is 18.8 Å². The second kappa shape index (κ2) is 8.17. The average Bonchev–Trinajstić information content (AvgIpc) is 3.02. The number of esters is 1. The largest absolute Gasteiger partial charge is 0.493 e. The van der Waals surface area contributed by atoms with Gasteiger partial charge in [0.1, 0.15) is 23.2 Å². The van der Waals surface area contributed by atoms with Crippen LogP contribution in [0.25, 0.3) is 0 Å². The predicted molar refractivity (Wildman–Crippen MR) is 103 cm³/mol. The molecule has 0 bridgehead atoms. The van der Waals surface area contributed by atoms with Gasteiger partial charge in [-0.3, -0.25) is 0 Å². The van der Waals surface area contributed by atoms with E-state index in [0.29, 0.717) is 42.6 Å². The van der Waals surface area contributed by atoms with Crippen LogP contribution in [0.4, 0.5) is 0 Å². The molecule has 2 unspecified atom stereocenters. The summed E-state index contributed by atoms with van der Waals surface area (Å²) in [4.78, 5) is 12.5. The number of hydrogen-bond acceptors (Lipinski definition) is 5. The minimum Gasteiger partial charge on any atom is -0.493 e. The van der Waals surface area contributed by atoms with Crippen LogP contribution in [0.2, 0.25) is 0 Å². The second-order valence-electron chi connectivity index (χ2n) is 7.97. The zero-order valence-corrected chi connectivity index (χ0v) is 16.5. The van der Waals surface area contributed by atoms with E-state index in [2.05, 4.69) is 12.2 Å². The molecular weight excluding hydrogens is 344 g/mol. The Bertz CT molecular complexity index is 742. The monoisotopic (exact) mass is 372 g/mol. The van der Waals surface area contributed by atoms with Gasteiger partial charge in [0.25, 0.3) is 0 Å². The standard InChI is InChI=1S/C22H28O5/c1-22(2,3)27-21(23)16-10-19(25-13-15-8-6-5-7-9-15)18-12-17(14-24-4)26-20(18)11-16/h5-8,10-11,15,17H,9,12-14H2,1-4H3. The fourth-order valence-corrected chi connectivity index (χ4v) is 3.19. The number of allylic oxidation sites excluding steroid dienone is 3. The number of carbonyl (C=O) groups is 1. The van der Waals surface area contributed by atoms with Crippen molar-refractivity contribution in [1.29, 1.82) is 0 Å². The van der Waals surface area contributed by atoms with E-state index in [0.717, 1.165) is 12.0 Å². The van der Waals surface area contributed by atoms with Crippen LogP contribution in [0.1, 0.15) is 43.1 Å².